The summed E-state index contributed by atoms with van der Waals surface area (Å²) < 4.78 is 6.45. The van der Waals surface area contributed by atoms with Gasteiger partial charge in [0.25, 0.3) is 0 Å². The van der Waals surface area contributed by atoms with Crippen molar-refractivity contribution in [2.45, 2.75) is 6.92 Å². The zero-order chi connectivity index (χ0) is 18.9. The third kappa shape index (κ3) is 2.82. The van der Waals surface area contributed by atoms with Crippen LogP contribution in [-0.2, 0) is 0 Å². The standard InChI is InChI=1S/C27H20O/c1-19-15-17-21(18-16-19)28-27-24-13-7-5-11-22(24)26(20-9-3-2-4-10-20)23-12-6-8-14-25(23)27/h2-18H,1H3. The summed E-state index contributed by atoms with van der Waals surface area (Å²) in [5.41, 5.74) is 3.70. The van der Waals surface area contributed by atoms with E-state index in [1.807, 2.05) is 12.1 Å². The van der Waals surface area contributed by atoms with Crippen molar-refractivity contribution < 1.29 is 4.74 Å². The molecule has 5 aromatic rings. The largest absolute Gasteiger partial charge is 0.456 e. The first-order chi connectivity index (χ1) is 13.8. The fourth-order valence-corrected chi connectivity index (χ4v) is 3.84. The molecule has 1 heteroatoms. The number of fused-ring (bicyclic) bond motifs is 2. The maximum absolute atomic E-state index is 6.45. The Kier molecular flexibility index (Phi) is 4.06. The fraction of sp³-hybridized carbons (Fsp3) is 0.0370. The van der Waals surface area contributed by atoms with Gasteiger partial charge in [-0.15, -0.1) is 0 Å². The van der Waals surface area contributed by atoms with Crippen molar-refractivity contribution in [3.8, 4) is 22.6 Å². The van der Waals surface area contributed by atoms with Crippen molar-refractivity contribution in [3.05, 3.63) is 109 Å². The fourth-order valence-electron chi connectivity index (χ4n) is 3.84. The first-order valence-electron chi connectivity index (χ1n) is 9.54. The van der Waals surface area contributed by atoms with Crippen molar-refractivity contribution in [2.75, 3.05) is 0 Å². The molecule has 0 aromatic heterocycles. The van der Waals surface area contributed by atoms with E-state index in [0.717, 1.165) is 22.3 Å². The van der Waals surface area contributed by atoms with Crippen molar-refractivity contribution in [1.82, 2.24) is 0 Å². The summed E-state index contributed by atoms with van der Waals surface area (Å²) in [6.45, 7) is 2.09. The molecule has 0 heterocycles. The Morgan fingerprint density at radius 3 is 1.57 bits per heavy atom. The van der Waals surface area contributed by atoms with Crippen LogP contribution in [0.5, 0.6) is 11.5 Å². The van der Waals surface area contributed by atoms with Gasteiger partial charge in [0, 0.05) is 10.8 Å². The summed E-state index contributed by atoms with van der Waals surface area (Å²) in [7, 11) is 0. The second-order valence-corrected chi connectivity index (χ2v) is 7.08. The lowest BCUT2D eigenvalue weighted by Crippen LogP contribution is -1.92. The lowest BCUT2D eigenvalue weighted by atomic mass is 9.91. The molecule has 0 spiro atoms. The Labute approximate surface area is 164 Å². The summed E-state index contributed by atoms with van der Waals surface area (Å²) in [6, 6.07) is 35.8. The van der Waals surface area contributed by atoms with Crippen LogP contribution in [0.1, 0.15) is 5.56 Å². The zero-order valence-corrected chi connectivity index (χ0v) is 15.7. The van der Waals surface area contributed by atoms with Crippen molar-refractivity contribution >= 4 is 21.5 Å². The molecule has 0 bridgehead atoms. The van der Waals surface area contributed by atoms with Crippen molar-refractivity contribution in [3.63, 3.8) is 0 Å². The lowest BCUT2D eigenvalue weighted by molar-refractivity contribution is 0.493. The minimum atomic E-state index is 0.855. The van der Waals surface area contributed by atoms with Gasteiger partial charge in [-0.25, -0.2) is 0 Å². The Balaban J connectivity index is 1.85. The maximum Gasteiger partial charge on any atom is 0.143 e. The second kappa shape index (κ2) is 6.86. The molecule has 1 nitrogen and oxygen atoms in total. The monoisotopic (exact) mass is 360 g/mol. The van der Waals surface area contributed by atoms with Gasteiger partial charge in [0.1, 0.15) is 11.5 Å². The quantitative estimate of drug-likeness (QED) is 0.299. The molecular formula is C27H20O. The van der Waals surface area contributed by atoms with Gasteiger partial charge in [0.15, 0.2) is 0 Å². The molecule has 0 aliphatic carbocycles. The zero-order valence-electron chi connectivity index (χ0n) is 15.7. The molecule has 5 aromatic carbocycles. The van der Waals surface area contributed by atoms with Gasteiger partial charge in [-0.2, -0.15) is 0 Å². The average Bonchev–Trinajstić information content (AvgIpc) is 2.76. The number of hydrogen-bond donors (Lipinski definition) is 0. The van der Waals surface area contributed by atoms with Gasteiger partial charge in [-0.05, 0) is 41.0 Å². The van der Waals surface area contributed by atoms with Gasteiger partial charge in [0.2, 0.25) is 0 Å². The molecule has 28 heavy (non-hydrogen) atoms. The lowest BCUT2D eigenvalue weighted by Gasteiger charge is -2.17. The Hall–Kier alpha value is -3.58. The van der Waals surface area contributed by atoms with E-state index in [1.54, 1.807) is 0 Å². The van der Waals surface area contributed by atoms with Gasteiger partial charge in [-0.3, -0.25) is 0 Å². The number of aryl methyl sites for hydroxylation is 1. The molecule has 134 valence electrons. The predicted molar refractivity (Wildman–Crippen MR) is 118 cm³/mol. The second-order valence-electron chi connectivity index (χ2n) is 7.08. The van der Waals surface area contributed by atoms with E-state index in [9.17, 15) is 0 Å². The van der Waals surface area contributed by atoms with Crippen LogP contribution >= 0.6 is 0 Å². The third-order valence-electron chi connectivity index (χ3n) is 5.19. The van der Waals surface area contributed by atoms with E-state index in [0.29, 0.717) is 0 Å². The molecule has 0 aliphatic rings. The van der Waals surface area contributed by atoms with Crippen LogP contribution in [0.15, 0.2) is 103 Å². The highest BCUT2D eigenvalue weighted by Crippen LogP contribution is 2.44. The van der Waals surface area contributed by atoms with E-state index >= 15 is 0 Å². The molecule has 0 unspecified atom stereocenters. The summed E-state index contributed by atoms with van der Waals surface area (Å²) in [5.74, 6) is 1.77. The van der Waals surface area contributed by atoms with Gasteiger partial charge in [-0.1, -0.05) is 96.6 Å². The van der Waals surface area contributed by atoms with E-state index < -0.39 is 0 Å². The Morgan fingerprint density at radius 1 is 0.500 bits per heavy atom. The molecule has 0 radical (unpaired) electrons. The van der Waals surface area contributed by atoms with Crippen LogP contribution in [0, 0.1) is 6.92 Å². The summed E-state index contributed by atoms with van der Waals surface area (Å²) in [4.78, 5) is 0. The summed E-state index contributed by atoms with van der Waals surface area (Å²) in [6.07, 6.45) is 0. The van der Waals surface area contributed by atoms with Gasteiger partial charge >= 0.3 is 0 Å². The van der Waals surface area contributed by atoms with Crippen LogP contribution in [0.25, 0.3) is 32.7 Å². The molecule has 0 N–H and O–H groups in total. The van der Waals surface area contributed by atoms with Crippen molar-refractivity contribution in [1.29, 1.82) is 0 Å². The van der Waals surface area contributed by atoms with E-state index in [-0.39, 0.29) is 0 Å². The highest BCUT2D eigenvalue weighted by Gasteiger charge is 2.16. The van der Waals surface area contributed by atoms with E-state index in [4.69, 9.17) is 4.74 Å². The molecule has 5 rings (SSSR count). The summed E-state index contributed by atoms with van der Waals surface area (Å²) in [5, 5.41) is 4.66. The van der Waals surface area contributed by atoms with Crippen LogP contribution in [0.2, 0.25) is 0 Å². The predicted octanol–water partition coefficient (Wildman–Crippen LogP) is 7.76. The number of ether oxygens (including phenoxy) is 1. The highest BCUT2D eigenvalue weighted by molar-refractivity contribution is 6.17. The molecule has 0 fully saturated rings. The molecule has 0 aliphatic heterocycles. The van der Waals surface area contributed by atoms with Crippen LogP contribution < -0.4 is 4.74 Å². The Bertz CT molecular complexity index is 1210. The number of benzene rings is 5. The molecule has 0 saturated heterocycles. The average molecular weight is 360 g/mol. The minimum Gasteiger partial charge on any atom is -0.456 e. The van der Waals surface area contributed by atoms with Gasteiger partial charge in [0.05, 0.1) is 0 Å². The van der Waals surface area contributed by atoms with Crippen molar-refractivity contribution in [2.24, 2.45) is 0 Å². The highest BCUT2D eigenvalue weighted by atomic mass is 16.5. The van der Waals surface area contributed by atoms with Crippen LogP contribution in [-0.4, -0.2) is 0 Å². The topological polar surface area (TPSA) is 9.23 Å². The number of hydrogen-bond acceptors (Lipinski definition) is 1. The molecule has 0 saturated carbocycles. The first-order valence-corrected chi connectivity index (χ1v) is 9.54. The van der Waals surface area contributed by atoms with Crippen LogP contribution in [0.4, 0.5) is 0 Å². The number of rotatable bonds is 3. The maximum atomic E-state index is 6.45. The first kappa shape index (κ1) is 16.6. The molecule has 0 amide bonds. The van der Waals surface area contributed by atoms with E-state index in [1.165, 1.54) is 27.5 Å². The summed E-state index contributed by atoms with van der Waals surface area (Å²) >= 11 is 0. The smallest absolute Gasteiger partial charge is 0.143 e. The van der Waals surface area contributed by atoms with E-state index in [2.05, 4.69) is 97.9 Å². The normalized spacial score (nSPS) is 11.0. The molecular weight excluding hydrogens is 340 g/mol. The van der Waals surface area contributed by atoms with Gasteiger partial charge < -0.3 is 4.74 Å². The molecule has 0 atom stereocenters. The minimum absolute atomic E-state index is 0.855. The van der Waals surface area contributed by atoms with Crippen LogP contribution in [0.3, 0.4) is 0 Å². The SMILES string of the molecule is Cc1ccc(Oc2c3ccccc3c(-c3ccccc3)c3ccccc23)cc1. The third-order valence-corrected chi connectivity index (χ3v) is 5.19. The Morgan fingerprint density at radius 2 is 1.00 bits per heavy atom.